The SMILES string of the molecule is C=C[C@H]1CCC2C3CC[C@H]4C[C@H](OCOC)[C@H](OC)C[C@]4(C)C3CC[C@]21C(C)=O. The number of carbonyl (C=O) groups excluding carboxylic acids is 1. The first kappa shape index (κ1) is 21.5. The lowest BCUT2D eigenvalue weighted by Crippen LogP contribution is -2.58. The minimum absolute atomic E-state index is 0.131. The Kier molecular flexibility index (Phi) is 6.00. The topological polar surface area (TPSA) is 44.8 Å². The summed E-state index contributed by atoms with van der Waals surface area (Å²) in [5.74, 6) is 3.39. The van der Waals surface area contributed by atoms with Crippen LogP contribution >= 0.6 is 0 Å². The summed E-state index contributed by atoms with van der Waals surface area (Å²) in [5.41, 5.74) is 0.150. The van der Waals surface area contributed by atoms with Crippen molar-refractivity contribution in [1.29, 1.82) is 0 Å². The predicted octanol–water partition coefficient (Wildman–Crippen LogP) is 5.01. The lowest BCUT2D eigenvalue weighted by atomic mass is 9.43. The average molecular weight is 405 g/mol. The standard InChI is InChI=1S/C25H40O4/c1-6-17-8-10-21-19-9-7-18-13-22(29-15-27-4)23(28-5)14-24(18,3)20(19)11-12-25(17,21)16(2)26/h6,17-23H,1,7-15H2,2-5H3/t17-,18-,19?,20?,21?,22-,23+,24-,25+/m0/s1. The fourth-order valence-corrected chi connectivity index (χ4v) is 8.55. The highest BCUT2D eigenvalue weighted by molar-refractivity contribution is 5.84. The van der Waals surface area contributed by atoms with Gasteiger partial charge in [0.15, 0.2) is 0 Å². The molecule has 0 aliphatic heterocycles. The molecule has 164 valence electrons. The van der Waals surface area contributed by atoms with Crippen LogP contribution in [0.5, 0.6) is 0 Å². The van der Waals surface area contributed by atoms with E-state index in [-0.39, 0.29) is 23.0 Å². The Labute approximate surface area is 176 Å². The van der Waals surface area contributed by atoms with E-state index in [4.69, 9.17) is 14.2 Å². The second-order valence-electron chi connectivity index (χ2n) is 10.5. The first-order valence-corrected chi connectivity index (χ1v) is 11.7. The largest absolute Gasteiger partial charge is 0.379 e. The molecule has 3 unspecified atom stereocenters. The monoisotopic (exact) mass is 404 g/mol. The van der Waals surface area contributed by atoms with E-state index in [0.29, 0.717) is 42.2 Å². The number of ether oxygens (including phenoxy) is 3. The molecule has 4 saturated carbocycles. The molecule has 9 atom stereocenters. The van der Waals surface area contributed by atoms with Gasteiger partial charge in [0.25, 0.3) is 0 Å². The van der Waals surface area contributed by atoms with Gasteiger partial charge in [0, 0.05) is 19.6 Å². The number of carbonyl (C=O) groups is 1. The van der Waals surface area contributed by atoms with Crippen molar-refractivity contribution in [2.45, 2.75) is 77.4 Å². The number of hydrogen-bond donors (Lipinski definition) is 0. The van der Waals surface area contributed by atoms with Crippen LogP contribution in [0.2, 0.25) is 0 Å². The third-order valence-electron chi connectivity index (χ3n) is 9.86. The van der Waals surface area contributed by atoms with Gasteiger partial charge in [-0.15, -0.1) is 6.58 Å². The van der Waals surface area contributed by atoms with Gasteiger partial charge in [-0.3, -0.25) is 4.79 Å². The summed E-state index contributed by atoms with van der Waals surface area (Å²) in [6.45, 7) is 8.82. The number of fused-ring (bicyclic) bond motifs is 5. The van der Waals surface area contributed by atoms with Crippen LogP contribution < -0.4 is 0 Å². The third-order valence-corrected chi connectivity index (χ3v) is 9.86. The quantitative estimate of drug-likeness (QED) is 0.461. The van der Waals surface area contributed by atoms with Crippen molar-refractivity contribution in [3.8, 4) is 0 Å². The Morgan fingerprint density at radius 1 is 1.10 bits per heavy atom. The van der Waals surface area contributed by atoms with Gasteiger partial charge in [0.1, 0.15) is 12.6 Å². The summed E-state index contributed by atoms with van der Waals surface area (Å²) < 4.78 is 17.1. The molecule has 29 heavy (non-hydrogen) atoms. The maximum atomic E-state index is 13.0. The van der Waals surface area contributed by atoms with E-state index in [1.165, 1.54) is 25.7 Å². The molecule has 0 aromatic rings. The Morgan fingerprint density at radius 2 is 1.90 bits per heavy atom. The highest BCUT2D eigenvalue weighted by atomic mass is 16.7. The smallest absolute Gasteiger partial charge is 0.146 e. The second kappa shape index (κ2) is 8.09. The summed E-state index contributed by atoms with van der Waals surface area (Å²) in [6.07, 6.45) is 11.6. The van der Waals surface area contributed by atoms with Crippen LogP contribution in [0.15, 0.2) is 12.7 Å². The molecule has 0 N–H and O–H groups in total. The fraction of sp³-hybridized carbons (Fsp3) is 0.880. The molecule has 0 radical (unpaired) electrons. The zero-order valence-corrected chi connectivity index (χ0v) is 18.8. The molecule has 0 spiro atoms. The molecule has 0 saturated heterocycles. The lowest BCUT2D eigenvalue weighted by molar-refractivity contribution is -0.196. The van der Waals surface area contributed by atoms with Crippen LogP contribution in [0.3, 0.4) is 0 Å². The first-order chi connectivity index (χ1) is 13.9. The number of Topliss-reactive ketones (excluding diaryl/α,β-unsaturated/α-hetero) is 1. The van der Waals surface area contributed by atoms with E-state index in [2.05, 4.69) is 19.6 Å². The molecule has 4 nitrogen and oxygen atoms in total. The Hall–Kier alpha value is -0.710. The Morgan fingerprint density at radius 3 is 2.55 bits per heavy atom. The molecule has 4 rings (SSSR count). The molecular formula is C25H40O4. The van der Waals surface area contributed by atoms with Crippen LogP contribution in [-0.4, -0.2) is 39.0 Å². The van der Waals surface area contributed by atoms with Gasteiger partial charge in [-0.1, -0.05) is 13.0 Å². The number of ketones is 1. The molecule has 4 fully saturated rings. The van der Waals surface area contributed by atoms with Gasteiger partial charge >= 0.3 is 0 Å². The van der Waals surface area contributed by atoms with Gasteiger partial charge in [0.2, 0.25) is 0 Å². The maximum Gasteiger partial charge on any atom is 0.146 e. The van der Waals surface area contributed by atoms with E-state index in [1.54, 1.807) is 7.11 Å². The highest BCUT2D eigenvalue weighted by Crippen LogP contribution is 2.68. The van der Waals surface area contributed by atoms with Crippen molar-refractivity contribution < 1.29 is 19.0 Å². The van der Waals surface area contributed by atoms with Crippen LogP contribution in [-0.2, 0) is 19.0 Å². The third kappa shape index (κ3) is 3.16. The lowest BCUT2D eigenvalue weighted by Gasteiger charge is -2.62. The molecule has 0 amide bonds. The summed E-state index contributed by atoms with van der Waals surface area (Å²) in [6, 6.07) is 0. The molecular weight excluding hydrogens is 364 g/mol. The minimum atomic E-state index is -0.133. The molecule has 4 aliphatic carbocycles. The van der Waals surface area contributed by atoms with Gasteiger partial charge in [-0.05, 0) is 93.3 Å². The van der Waals surface area contributed by atoms with Gasteiger partial charge < -0.3 is 14.2 Å². The summed E-state index contributed by atoms with van der Waals surface area (Å²) in [4.78, 5) is 13.0. The second-order valence-corrected chi connectivity index (χ2v) is 10.5. The molecule has 0 bridgehead atoms. The maximum absolute atomic E-state index is 13.0. The van der Waals surface area contributed by atoms with E-state index >= 15 is 0 Å². The van der Waals surface area contributed by atoms with Crippen LogP contribution in [0.25, 0.3) is 0 Å². The molecule has 4 aliphatic rings. The number of methoxy groups -OCH3 is 2. The molecule has 0 aromatic carbocycles. The van der Waals surface area contributed by atoms with E-state index < -0.39 is 0 Å². The van der Waals surface area contributed by atoms with Crippen LogP contribution in [0.1, 0.15) is 65.2 Å². The fourth-order valence-electron chi connectivity index (χ4n) is 8.55. The first-order valence-electron chi connectivity index (χ1n) is 11.7. The Bertz CT molecular complexity index is 632. The summed E-state index contributed by atoms with van der Waals surface area (Å²) >= 11 is 0. The number of allylic oxidation sites excluding steroid dienone is 1. The van der Waals surface area contributed by atoms with Crippen molar-refractivity contribution in [3.05, 3.63) is 12.7 Å². The van der Waals surface area contributed by atoms with Crippen molar-refractivity contribution >= 4 is 5.78 Å². The van der Waals surface area contributed by atoms with Gasteiger partial charge in [-0.2, -0.15) is 0 Å². The Balaban J connectivity index is 1.60. The van der Waals surface area contributed by atoms with Crippen molar-refractivity contribution in [2.24, 2.45) is 40.4 Å². The summed E-state index contributed by atoms with van der Waals surface area (Å²) in [7, 11) is 3.51. The zero-order valence-electron chi connectivity index (χ0n) is 18.8. The van der Waals surface area contributed by atoms with Gasteiger partial charge in [0.05, 0.1) is 12.2 Å². The molecule has 4 heteroatoms. The number of rotatable bonds is 6. The van der Waals surface area contributed by atoms with Gasteiger partial charge in [-0.25, -0.2) is 0 Å². The van der Waals surface area contributed by atoms with Crippen molar-refractivity contribution in [1.82, 2.24) is 0 Å². The zero-order chi connectivity index (χ0) is 20.8. The number of hydrogen-bond acceptors (Lipinski definition) is 4. The summed E-state index contributed by atoms with van der Waals surface area (Å²) in [5, 5.41) is 0. The van der Waals surface area contributed by atoms with Crippen molar-refractivity contribution in [3.63, 3.8) is 0 Å². The van der Waals surface area contributed by atoms with E-state index in [1.807, 2.05) is 14.0 Å². The molecule has 0 aromatic heterocycles. The predicted molar refractivity (Wildman–Crippen MR) is 113 cm³/mol. The van der Waals surface area contributed by atoms with E-state index in [9.17, 15) is 4.79 Å². The van der Waals surface area contributed by atoms with Crippen LogP contribution in [0, 0.1) is 40.4 Å². The van der Waals surface area contributed by atoms with Crippen LogP contribution in [0.4, 0.5) is 0 Å². The van der Waals surface area contributed by atoms with E-state index in [0.717, 1.165) is 25.7 Å². The highest BCUT2D eigenvalue weighted by Gasteiger charge is 2.63. The molecule has 0 heterocycles. The average Bonchev–Trinajstić information content (AvgIpc) is 3.11. The normalized spacial score (nSPS) is 49.0. The van der Waals surface area contributed by atoms with Crippen molar-refractivity contribution in [2.75, 3.05) is 21.0 Å². The minimum Gasteiger partial charge on any atom is -0.379 e.